The molecule has 0 fully saturated rings. The summed E-state index contributed by atoms with van der Waals surface area (Å²) < 4.78 is 16.2. The molecule has 0 aromatic heterocycles. The highest BCUT2D eigenvalue weighted by Crippen LogP contribution is 2.35. The van der Waals surface area contributed by atoms with Crippen molar-refractivity contribution in [2.75, 3.05) is 20.4 Å². The third-order valence-corrected chi connectivity index (χ3v) is 3.48. The maximum Gasteiger partial charge on any atom is 0.231 e. The number of nitrogens with zero attached hydrogens (tertiary/aromatic N) is 1. The van der Waals surface area contributed by atoms with Crippen molar-refractivity contribution in [1.29, 1.82) is 5.26 Å². The summed E-state index contributed by atoms with van der Waals surface area (Å²) in [6, 6.07) is 7.85. The summed E-state index contributed by atoms with van der Waals surface area (Å²) in [6.07, 6.45) is 2.66. The second-order valence-corrected chi connectivity index (χ2v) is 5.01. The van der Waals surface area contributed by atoms with E-state index in [1.807, 2.05) is 32.2 Å². The molecule has 1 atom stereocenters. The molecule has 0 saturated heterocycles. The van der Waals surface area contributed by atoms with E-state index in [0.29, 0.717) is 6.61 Å². The van der Waals surface area contributed by atoms with Gasteiger partial charge in [0.15, 0.2) is 11.5 Å². The number of nitrogens with one attached hydrogen (secondary N) is 1. The molecular weight excluding hydrogens is 256 g/mol. The Morgan fingerprint density at radius 1 is 1.35 bits per heavy atom. The summed E-state index contributed by atoms with van der Waals surface area (Å²) in [5.41, 5.74) is -0.446. The zero-order valence-electron chi connectivity index (χ0n) is 11.9. The van der Waals surface area contributed by atoms with E-state index in [0.717, 1.165) is 36.5 Å². The molecule has 20 heavy (non-hydrogen) atoms. The number of fused-ring (bicyclic) bond motifs is 1. The van der Waals surface area contributed by atoms with Crippen LogP contribution in [0.1, 0.15) is 26.2 Å². The van der Waals surface area contributed by atoms with Gasteiger partial charge in [-0.25, -0.2) is 0 Å². The van der Waals surface area contributed by atoms with Gasteiger partial charge in [-0.1, -0.05) is 0 Å². The molecule has 1 N–H and O–H groups in total. The molecule has 0 aliphatic carbocycles. The zero-order valence-corrected chi connectivity index (χ0v) is 11.9. The minimum atomic E-state index is -0.446. The monoisotopic (exact) mass is 276 g/mol. The summed E-state index contributed by atoms with van der Waals surface area (Å²) in [6.45, 7) is 2.81. The minimum absolute atomic E-state index is 0.273. The zero-order chi connectivity index (χ0) is 14.4. The van der Waals surface area contributed by atoms with Gasteiger partial charge < -0.3 is 19.5 Å². The van der Waals surface area contributed by atoms with E-state index >= 15 is 0 Å². The second-order valence-electron chi connectivity index (χ2n) is 5.01. The van der Waals surface area contributed by atoms with Crippen LogP contribution in [0.25, 0.3) is 0 Å². The van der Waals surface area contributed by atoms with E-state index in [-0.39, 0.29) is 6.79 Å². The van der Waals surface area contributed by atoms with Crippen LogP contribution < -0.4 is 19.5 Å². The van der Waals surface area contributed by atoms with Gasteiger partial charge in [0, 0.05) is 6.07 Å². The van der Waals surface area contributed by atoms with Gasteiger partial charge in [-0.05, 0) is 45.4 Å². The number of rotatable bonds is 7. The van der Waals surface area contributed by atoms with Crippen LogP contribution in [-0.2, 0) is 0 Å². The Balaban J connectivity index is 1.70. The lowest BCUT2D eigenvalue weighted by molar-refractivity contribution is 0.173. The number of unbranched alkanes of at least 4 members (excludes halogenated alkanes) is 1. The average Bonchev–Trinajstić information content (AvgIpc) is 2.94. The molecule has 108 valence electrons. The smallest absolute Gasteiger partial charge is 0.231 e. The van der Waals surface area contributed by atoms with Crippen LogP contribution in [0.3, 0.4) is 0 Å². The molecule has 5 heteroatoms. The van der Waals surface area contributed by atoms with Gasteiger partial charge in [-0.2, -0.15) is 5.26 Å². The van der Waals surface area contributed by atoms with Gasteiger partial charge in [0.1, 0.15) is 11.3 Å². The van der Waals surface area contributed by atoms with Crippen LogP contribution in [-0.4, -0.2) is 26.0 Å². The first-order valence-corrected chi connectivity index (χ1v) is 6.79. The molecule has 2 rings (SSSR count). The SMILES string of the molecule is CNC(C)(C#N)CCCCOc1ccc2c(c1)OCO2. The summed E-state index contributed by atoms with van der Waals surface area (Å²) in [7, 11) is 1.81. The van der Waals surface area contributed by atoms with E-state index in [4.69, 9.17) is 19.5 Å². The van der Waals surface area contributed by atoms with Crippen molar-refractivity contribution < 1.29 is 14.2 Å². The molecule has 1 aromatic rings. The van der Waals surface area contributed by atoms with Crippen molar-refractivity contribution in [3.63, 3.8) is 0 Å². The maximum atomic E-state index is 9.04. The summed E-state index contributed by atoms with van der Waals surface area (Å²) in [5, 5.41) is 12.1. The first-order valence-electron chi connectivity index (χ1n) is 6.79. The fourth-order valence-electron chi connectivity index (χ4n) is 1.97. The topological polar surface area (TPSA) is 63.5 Å². The van der Waals surface area contributed by atoms with Crippen LogP contribution in [0.15, 0.2) is 18.2 Å². The van der Waals surface area contributed by atoms with Gasteiger partial charge in [-0.15, -0.1) is 0 Å². The first-order chi connectivity index (χ1) is 9.67. The maximum absolute atomic E-state index is 9.04. The van der Waals surface area contributed by atoms with Crippen LogP contribution >= 0.6 is 0 Å². The summed E-state index contributed by atoms with van der Waals surface area (Å²) in [5.74, 6) is 2.27. The van der Waals surface area contributed by atoms with E-state index in [2.05, 4.69) is 11.4 Å². The van der Waals surface area contributed by atoms with Crippen LogP contribution in [0.2, 0.25) is 0 Å². The lowest BCUT2D eigenvalue weighted by Crippen LogP contribution is -2.37. The number of ether oxygens (including phenoxy) is 3. The van der Waals surface area contributed by atoms with E-state index in [1.54, 1.807) is 0 Å². The Kier molecular flexibility index (Phi) is 4.70. The lowest BCUT2D eigenvalue weighted by Gasteiger charge is -2.20. The van der Waals surface area contributed by atoms with Crippen LogP contribution in [0.5, 0.6) is 17.2 Å². The molecule has 1 aliphatic heterocycles. The molecule has 0 radical (unpaired) electrons. The Bertz CT molecular complexity index is 498. The van der Waals surface area contributed by atoms with Crippen molar-refractivity contribution in [2.45, 2.75) is 31.7 Å². The van der Waals surface area contributed by atoms with Gasteiger partial charge in [-0.3, -0.25) is 0 Å². The predicted molar refractivity (Wildman–Crippen MR) is 75.0 cm³/mol. The standard InChI is InChI=1S/C15H20N2O3/c1-15(10-16,17-2)7-3-4-8-18-12-5-6-13-14(9-12)20-11-19-13/h5-6,9,17H,3-4,7-8,11H2,1-2H3. The molecule has 0 bridgehead atoms. The highest BCUT2D eigenvalue weighted by atomic mass is 16.7. The molecule has 0 spiro atoms. The van der Waals surface area contributed by atoms with Gasteiger partial charge in [0.2, 0.25) is 6.79 Å². The van der Waals surface area contributed by atoms with Gasteiger partial charge in [0.05, 0.1) is 12.7 Å². The van der Waals surface area contributed by atoms with E-state index < -0.39 is 5.54 Å². The fourth-order valence-corrected chi connectivity index (χ4v) is 1.97. The number of benzene rings is 1. The Morgan fingerprint density at radius 2 is 2.15 bits per heavy atom. The van der Waals surface area contributed by atoms with Crippen molar-refractivity contribution in [3.05, 3.63) is 18.2 Å². The molecule has 1 aliphatic rings. The fraction of sp³-hybridized carbons (Fsp3) is 0.533. The van der Waals surface area contributed by atoms with Crippen molar-refractivity contribution in [3.8, 4) is 23.3 Å². The highest BCUT2D eigenvalue weighted by Gasteiger charge is 2.20. The largest absolute Gasteiger partial charge is 0.493 e. The predicted octanol–water partition coefficient (Wildman–Crippen LogP) is 2.47. The molecule has 1 unspecified atom stereocenters. The number of hydrogen-bond acceptors (Lipinski definition) is 5. The van der Waals surface area contributed by atoms with E-state index in [1.165, 1.54) is 0 Å². The molecule has 1 aromatic carbocycles. The van der Waals surface area contributed by atoms with E-state index in [9.17, 15) is 0 Å². The molecule has 5 nitrogen and oxygen atoms in total. The quantitative estimate of drug-likeness (QED) is 0.775. The highest BCUT2D eigenvalue weighted by molar-refractivity contribution is 5.46. The molecular formula is C15H20N2O3. The third-order valence-electron chi connectivity index (χ3n) is 3.48. The Labute approximate surface area is 119 Å². The third kappa shape index (κ3) is 3.55. The normalized spacial score (nSPS) is 15.4. The first kappa shape index (κ1) is 14.5. The molecule has 0 saturated carbocycles. The average molecular weight is 276 g/mol. The van der Waals surface area contributed by atoms with Crippen LogP contribution in [0, 0.1) is 11.3 Å². The molecule has 0 amide bonds. The second kappa shape index (κ2) is 6.49. The summed E-state index contributed by atoms with van der Waals surface area (Å²) >= 11 is 0. The summed E-state index contributed by atoms with van der Waals surface area (Å²) in [4.78, 5) is 0. The van der Waals surface area contributed by atoms with Crippen molar-refractivity contribution in [2.24, 2.45) is 0 Å². The lowest BCUT2D eigenvalue weighted by atomic mass is 9.97. The Hall–Kier alpha value is -1.93. The van der Waals surface area contributed by atoms with Crippen molar-refractivity contribution >= 4 is 0 Å². The van der Waals surface area contributed by atoms with Crippen LogP contribution in [0.4, 0.5) is 0 Å². The van der Waals surface area contributed by atoms with Gasteiger partial charge in [0.25, 0.3) is 0 Å². The minimum Gasteiger partial charge on any atom is -0.493 e. The van der Waals surface area contributed by atoms with Crippen molar-refractivity contribution in [1.82, 2.24) is 5.32 Å². The Morgan fingerprint density at radius 3 is 2.90 bits per heavy atom. The number of hydrogen-bond donors (Lipinski definition) is 1. The number of nitriles is 1. The molecule has 1 heterocycles. The van der Waals surface area contributed by atoms with Gasteiger partial charge >= 0.3 is 0 Å².